The van der Waals surface area contributed by atoms with Gasteiger partial charge in [-0.25, -0.2) is 9.59 Å². The molecule has 2 unspecified atom stereocenters. The van der Waals surface area contributed by atoms with Gasteiger partial charge in [0.2, 0.25) is 0 Å². The minimum atomic E-state index is -5.08. The van der Waals surface area contributed by atoms with E-state index >= 15 is 0 Å². The van der Waals surface area contributed by atoms with Crippen molar-refractivity contribution in [2.75, 3.05) is 23.9 Å². The molecular formula is C36H46F6FeN2O8Pd2. The predicted molar refractivity (Wildman–Crippen MR) is 182 cm³/mol. The van der Waals surface area contributed by atoms with Gasteiger partial charge in [-0.15, -0.1) is 0 Å². The first kappa shape index (κ1) is 56.7. The van der Waals surface area contributed by atoms with E-state index < -0.39 is 24.3 Å². The Kier molecular flexibility index (Phi) is 27.9. The van der Waals surface area contributed by atoms with Crippen LogP contribution in [-0.2, 0) is 77.1 Å². The molecule has 2 N–H and O–H groups in total. The Morgan fingerprint density at radius 2 is 0.927 bits per heavy atom. The molecule has 55 heavy (non-hydrogen) atoms. The Bertz CT molecular complexity index is 1350. The smallest absolute Gasteiger partial charge is 0.489 e. The van der Waals surface area contributed by atoms with Crippen LogP contribution < -0.4 is 19.3 Å². The summed E-state index contributed by atoms with van der Waals surface area (Å²) >= 11 is 0. The maximum absolute atomic E-state index is 12.4. The molecule has 2 saturated carbocycles. The van der Waals surface area contributed by atoms with Gasteiger partial charge in [0.25, 0.3) is 0 Å². The van der Waals surface area contributed by atoms with E-state index in [9.17, 15) is 35.9 Å². The number of halogens is 6. The fourth-order valence-electron chi connectivity index (χ4n) is 4.91. The maximum Gasteiger partial charge on any atom is 2.00 e. The summed E-state index contributed by atoms with van der Waals surface area (Å²) < 4.78 is 75.0. The van der Waals surface area contributed by atoms with Crippen molar-refractivity contribution in [2.45, 2.75) is 90.8 Å². The van der Waals surface area contributed by atoms with E-state index in [1.165, 1.54) is 0 Å². The minimum absolute atomic E-state index is 0. The van der Waals surface area contributed by atoms with Crippen molar-refractivity contribution in [3.63, 3.8) is 0 Å². The zero-order valence-electron chi connectivity index (χ0n) is 30.8. The van der Waals surface area contributed by atoms with Gasteiger partial charge in [0.1, 0.15) is 11.5 Å². The Morgan fingerprint density at radius 3 is 1.15 bits per heavy atom. The molecule has 10 nitrogen and oxygen atoms in total. The van der Waals surface area contributed by atoms with E-state index in [2.05, 4.69) is 12.8 Å². The molecule has 0 aromatic heterocycles. The fourth-order valence-corrected chi connectivity index (χ4v) is 4.91. The monoisotopic (exact) mass is 1020 g/mol. The van der Waals surface area contributed by atoms with Crippen molar-refractivity contribution in [1.29, 1.82) is 0 Å². The third-order valence-electron chi connectivity index (χ3n) is 7.30. The number of carboxylic acids is 2. The zero-order chi connectivity index (χ0) is 39.8. The van der Waals surface area contributed by atoms with Crippen molar-refractivity contribution in [3.8, 4) is 11.5 Å². The maximum atomic E-state index is 12.4. The molecule has 0 aliphatic heterocycles. The van der Waals surface area contributed by atoms with Crippen LogP contribution in [0.15, 0.2) is 48.5 Å². The molecule has 2 aliphatic rings. The number of hydrogen-bond acceptors (Lipinski definition) is 6. The van der Waals surface area contributed by atoms with Gasteiger partial charge in [0.05, 0.1) is 23.6 Å². The average Bonchev–Trinajstić information content (AvgIpc) is 3.79. The van der Waals surface area contributed by atoms with Gasteiger partial charge < -0.3 is 42.3 Å². The fraction of sp³-hybridized carbons (Fsp3) is 0.500. The normalized spacial score (nSPS) is 15.7. The molecule has 2 aromatic carbocycles. The first-order valence-electron chi connectivity index (χ1n) is 16.4. The van der Waals surface area contributed by atoms with Gasteiger partial charge in [-0.05, 0) is 52.0 Å². The Hall–Kier alpha value is -2.66. The number of rotatable bonds is 8. The largest absolute Gasteiger partial charge is 2.00 e. The molecule has 0 saturated heterocycles. The summed E-state index contributed by atoms with van der Waals surface area (Å²) in [6, 6.07) is 15.4. The Labute approximate surface area is 355 Å². The number of para-hydroxylation sites is 4. The average molecular weight is 1020 g/mol. The number of amides is 2. The summed E-state index contributed by atoms with van der Waals surface area (Å²) in [6.07, 6.45) is 0.568. The van der Waals surface area contributed by atoms with E-state index in [0.29, 0.717) is 0 Å². The van der Waals surface area contributed by atoms with Gasteiger partial charge in [-0.3, -0.25) is 9.59 Å². The van der Waals surface area contributed by atoms with Crippen LogP contribution in [0.1, 0.15) is 66.2 Å². The third kappa shape index (κ3) is 20.9. The molecule has 2 atom stereocenters. The Morgan fingerprint density at radius 1 is 0.655 bits per heavy atom. The molecule has 2 aliphatic carbocycles. The summed E-state index contributed by atoms with van der Waals surface area (Å²) in [4.78, 5) is 46.1. The van der Waals surface area contributed by atoms with Crippen LogP contribution in [0.3, 0.4) is 0 Å². The number of carbonyl (C=O) groups excluding carboxylic acids is 2. The van der Waals surface area contributed by atoms with E-state index in [0.717, 1.165) is 61.4 Å². The zero-order valence-corrected chi connectivity index (χ0v) is 35.0. The van der Waals surface area contributed by atoms with Gasteiger partial charge in [-0.1, -0.05) is 61.8 Å². The molecule has 19 heteroatoms. The van der Waals surface area contributed by atoms with Crippen LogP contribution in [0, 0.1) is 24.7 Å². The molecule has 0 radical (unpaired) electrons. The van der Waals surface area contributed by atoms with E-state index in [1.54, 1.807) is 9.80 Å². The van der Waals surface area contributed by atoms with Crippen molar-refractivity contribution < 1.29 is 123 Å². The first-order chi connectivity index (χ1) is 24.1. The molecular weight excluding hydrogens is 971 g/mol. The number of ether oxygens (including phenoxy) is 2. The molecule has 2 fully saturated rings. The Balaban J connectivity index is -0.000000708. The minimum Gasteiger partial charge on any atom is -0.489 e. The number of nitrogens with zero attached hydrogens (tertiary/aromatic N) is 2. The molecule has 4 rings (SSSR count). The number of carbonyl (C=O) groups is 4. The van der Waals surface area contributed by atoms with Crippen molar-refractivity contribution in [3.05, 3.63) is 61.4 Å². The SMILES string of the molecule is CC(C)Oc1ccccc1N(C)C(=O)C1[CH-]CCC1.CC(C)Oc1ccccc1N(C)C(=O)C1[CH-]CCC1.O=C(O)C(F)(F)F.O=C(O)C(F)(F)F.[Fe+2].[Pd].[Pd]. The van der Waals surface area contributed by atoms with Gasteiger partial charge in [-0.2, -0.15) is 39.2 Å². The first-order valence-corrected chi connectivity index (χ1v) is 16.4. The van der Waals surface area contributed by atoms with Crippen molar-refractivity contribution in [1.82, 2.24) is 0 Å². The van der Waals surface area contributed by atoms with Crippen LogP contribution in [0.2, 0.25) is 0 Å². The van der Waals surface area contributed by atoms with Crippen LogP contribution in [0.5, 0.6) is 11.5 Å². The number of aliphatic carboxylic acids is 2. The number of anilines is 2. The summed E-state index contributed by atoms with van der Waals surface area (Å²) in [5, 5.41) is 14.2. The van der Waals surface area contributed by atoms with Crippen LogP contribution in [-0.4, -0.2) is 72.6 Å². The van der Waals surface area contributed by atoms with Crippen molar-refractivity contribution >= 4 is 35.1 Å². The molecule has 2 amide bonds. The second-order valence-electron chi connectivity index (χ2n) is 12.2. The number of alkyl halides is 6. The van der Waals surface area contributed by atoms with E-state index in [1.807, 2.05) is 90.3 Å². The van der Waals surface area contributed by atoms with Crippen LogP contribution in [0.25, 0.3) is 0 Å². The topological polar surface area (TPSA) is 134 Å². The summed E-state index contributed by atoms with van der Waals surface area (Å²) in [6.45, 7) is 7.96. The van der Waals surface area contributed by atoms with Crippen LogP contribution in [0.4, 0.5) is 37.7 Å². The number of hydrogen-bond donors (Lipinski definition) is 2. The molecule has 0 spiro atoms. The number of benzene rings is 2. The van der Waals surface area contributed by atoms with E-state index in [-0.39, 0.29) is 93.8 Å². The summed E-state index contributed by atoms with van der Waals surface area (Å²) in [7, 11) is 3.66. The summed E-state index contributed by atoms with van der Waals surface area (Å²) in [5.74, 6) is -3.51. The molecule has 2 aromatic rings. The molecule has 0 heterocycles. The van der Waals surface area contributed by atoms with E-state index in [4.69, 9.17) is 29.3 Å². The molecule has 0 bridgehead atoms. The second-order valence-corrected chi connectivity index (χ2v) is 12.2. The standard InChI is InChI=1S/2C16H22NO2.2C2HF3O2.Fe.2Pd/c2*1-12(2)19-15-11-7-6-10-14(15)17(3)16(18)13-8-4-5-9-13;2*3-2(4,5)1(6)7;;;/h2*6-8,10-13H,4-5,9H2,1-3H3;2*(H,6,7);;;/q2*-1;;;+2;;. The van der Waals surface area contributed by atoms with Gasteiger partial charge in [0.15, 0.2) is 11.8 Å². The second kappa shape index (κ2) is 27.1. The third-order valence-corrected chi connectivity index (χ3v) is 7.30. The van der Waals surface area contributed by atoms with Gasteiger partial charge >= 0.3 is 41.4 Å². The van der Waals surface area contributed by atoms with Crippen LogP contribution >= 0.6 is 0 Å². The predicted octanol–water partition coefficient (Wildman–Crippen LogP) is 8.14. The number of carboxylic acid groups (broad SMARTS) is 2. The van der Waals surface area contributed by atoms with Gasteiger partial charge in [0, 0.05) is 54.9 Å². The molecule has 318 valence electrons. The quantitative estimate of drug-likeness (QED) is 0.154. The summed E-state index contributed by atoms with van der Waals surface area (Å²) in [5.41, 5.74) is 1.70. The van der Waals surface area contributed by atoms with Crippen molar-refractivity contribution in [2.24, 2.45) is 11.8 Å².